The number of hydrogen-bond acceptors (Lipinski definition) is 4. The fraction of sp³-hybridized carbons (Fsp3) is 0.400. The highest BCUT2D eigenvalue weighted by Crippen LogP contribution is 2.41. The van der Waals surface area contributed by atoms with Crippen LogP contribution >= 0.6 is 0 Å². The maximum Gasteiger partial charge on any atom is 0.168 e. The lowest BCUT2D eigenvalue weighted by Crippen LogP contribution is -2.15. The molecule has 0 spiro atoms. The maximum atomic E-state index is 6.37. The van der Waals surface area contributed by atoms with Crippen molar-refractivity contribution in [3.05, 3.63) is 48.4 Å². The van der Waals surface area contributed by atoms with E-state index in [1.165, 1.54) is 12.8 Å². The lowest BCUT2D eigenvalue weighted by Gasteiger charge is -2.21. The summed E-state index contributed by atoms with van der Waals surface area (Å²) in [6.45, 7) is 1.61. The van der Waals surface area contributed by atoms with Gasteiger partial charge in [0.25, 0.3) is 0 Å². The average molecular weight is 335 g/mol. The molecule has 1 saturated heterocycles. The minimum atomic E-state index is 0.414. The van der Waals surface area contributed by atoms with Crippen LogP contribution in [0.3, 0.4) is 0 Å². The van der Waals surface area contributed by atoms with Crippen molar-refractivity contribution in [2.24, 2.45) is 0 Å². The zero-order chi connectivity index (χ0) is 16.6. The molecule has 2 aliphatic rings. The molecule has 0 unspecified atom stereocenters. The van der Waals surface area contributed by atoms with Gasteiger partial charge in [0.1, 0.15) is 11.4 Å². The highest BCUT2D eigenvalue weighted by Gasteiger charge is 2.29. The van der Waals surface area contributed by atoms with Crippen molar-refractivity contribution >= 4 is 10.9 Å². The number of ether oxygens (including phenoxy) is 2. The number of nitrogens with zero attached hydrogens (tertiary/aromatic N) is 3. The standard InChI is InChI=1S/C20H21N3O2/c1-2-4-17-16(3-1)18(7-10-21-17)25-19-13-23(15-5-6-15)22-20(19)14-8-11-24-12-9-14/h1-4,7,10,13-15H,5-6,8-9,11-12H2. The van der Waals surface area contributed by atoms with E-state index in [0.717, 1.165) is 54.2 Å². The zero-order valence-electron chi connectivity index (χ0n) is 14.1. The van der Waals surface area contributed by atoms with E-state index < -0.39 is 0 Å². The topological polar surface area (TPSA) is 49.2 Å². The van der Waals surface area contributed by atoms with Gasteiger partial charge < -0.3 is 9.47 Å². The highest BCUT2D eigenvalue weighted by atomic mass is 16.5. The quantitative estimate of drug-likeness (QED) is 0.706. The van der Waals surface area contributed by atoms with E-state index >= 15 is 0 Å². The summed E-state index contributed by atoms with van der Waals surface area (Å²) in [7, 11) is 0. The number of benzene rings is 1. The van der Waals surface area contributed by atoms with Crippen molar-refractivity contribution < 1.29 is 9.47 Å². The van der Waals surface area contributed by atoms with Crippen molar-refractivity contribution in [2.45, 2.75) is 37.6 Å². The predicted molar refractivity (Wildman–Crippen MR) is 95.1 cm³/mol. The Morgan fingerprint density at radius 3 is 2.68 bits per heavy atom. The summed E-state index contributed by atoms with van der Waals surface area (Å²) in [6, 6.07) is 10.6. The Kier molecular flexibility index (Phi) is 3.67. The van der Waals surface area contributed by atoms with Crippen molar-refractivity contribution in [2.75, 3.05) is 13.2 Å². The van der Waals surface area contributed by atoms with Crippen molar-refractivity contribution in [3.8, 4) is 11.5 Å². The Balaban J connectivity index is 1.53. The molecule has 0 radical (unpaired) electrons. The molecule has 1 aliphatic heterocycles. The number of fused-ring (bicyclic) bond motifs is 1. The summed E-state index contributed by atoms with van der Waals surface area (Å²) in [4.78, 5) is 4.42. The summed E-state index contributed by atoms with van der Waals surface area (Å²) in [5.41, 5.74) is 2.03. The molecule has 25 heavy (non-hydrogen) atoms. The normalized spacial score (nSPS) is 18.6. The Labute approximate surface area is 146 Å². The van der Waals surface area contributed by atoms with Crippen LogP contribution in [0.15, 0.2) is 42.7 Å². The van der Waals surface area contributed by atoms with Gasteiger partial charge >= 0.3 is 0 Å². The molecule has 0 atom stereocenters. The fourth-order valence-electron chi connectivity index (χ4n) is 3.52. The van der Waals surface area contributed by atoms with E-state index in [9.17, 15) is 0 Å². The smallest absolute Gasteiger partial charge is 0.168 e. The van der Waals surface area contributed by atoms with Crippen molar-refractivity contribution in [1.82, 2.24) is 14.8 Å². The Hall–Kier alpha value is -2.40. The van der Waals surface area contributed by atoms with Crippen LogP contribution in [-0.2, 0) is 4.74 Å². The molecule has 2 fully saturated rings. The van der Waals surface area contributed by atoms with E-state index in [-0.39, 0.29) is 0 Å². The number of para-hydroxylation sites is 1. The minimum Gasteiger partial charge on any atom is -0.453 e. The first kappa shape index (κ1) is 14.9. The number of aromatic nitrogens is 3. The third-order valence-electron chi connectivity index (χ3n) is 5.08. The second kappa shape index (κ2) is 6.15. The molecule has 1 aliphatic carbocycles. The van der Waals surface area contributed by atoms with Gasteiger partial charge in [0.15, 0.2) is 5.75 Å². The van der Waals surface area contributed by atoms with E-state index in [1.54, 1.807) is 6.20 Å². The molecule has 128 valence electrons. The van der Waals surface area contributed by atoms with Crippen LogP contribution in [-0.4, -0.2) is 28.0 Å². The monoisotopic (exact) mass is 335 g/mol. The molecule has 3 heterocycles. The largest absolute Gasteiger partial charge is 0.453 e. The number of pyridine rings is 1. The van der Waals surface area contributed by atoms with Gasteiger partial charge in [-0.2, -0.15) is 5.10 Å². The summed E-state index contributed by atoms with van der Waals surface area (Å²) < 4.78 is 14.0. The molecule has 1 saturated carbocycles. The van der Waals surface area contributed by atoms with Crippen LogP contribution in [0, 0.1) is 0 Å². The summed E-state index contributed by atoms with van der Waals surface area (Å²) in [5.74, 6) is 2.14. The lowest BCUT2D eigenvalue weighted by atomic mass is 9.96. The van der Waals surface area contributed by atoms with Gasteiger partial charge in [-0.05, 0) is 43.9 Å². The van der Waals surface area contributed by atoms with Gasteiger partial charge in [0, 0.05) is 30.7 Å². The van der Waals surface area contributed by atoms with Crippen LogP contribution in [0.25, 0.3) is 10.9 Å². The van der Waals surface area contributed by atoms with Crippen LogP contribution in [0.2, 0.25) is 0 Å². The van der Waals surface area contributed by atoms with Crippen LogP contribution in [0.4, 0.5) is 0 Å². The first-order chi connectivity index (χ1) is 12.4. The van der Waals surface area contributed by atoms with Crippen LogP contribution in [0.1, 0.15) is 43.3 Å². The molecular weight excluding hydrogens is 314 g/mol. The van der Waals surface area contributed by atoms with Crippen molar-refractivity contribution in [1.29, 1.82) is 0 Å². The molecule has 3 aromatic rings. The molecule has 0 bridgehead atoms. The van der Waals surface area contributed by atoms with Gasteiger partial charge in [-0.25, -0.2) is 0 Å². The molecule has 5 nitrogen and oxygen atoms in total. The SMILES string of the molecule is c1ccc2c(Oc3cn(C4CC4)nc3C3CCOCC3)ccnc2c1. The van der Waals surface area contributed by atoms with E-state index in [2.05, 4.69) is 21.9 Å². The first-order valence-corrected chi connectivity index (χ1v) is 9.07. The van der Waals surface area contributed by atoms with E-state index in [1.807, 2.05) is 24.3 Å². The maximum absolute atomic E-state index is 6.37. The minimum absolute atomic E-state index is 0.414. The van der Waals surface area contributed by atoms with Gasteiger partial charge in [-0.3, -0.25) is 9.67 Å². The molecule has 5 heteroatoms. The lowest BCUT2D eigenvalue weighted by molar-refractivity contribution is 0.0839. The summed E-state index contributed by atoms with van der Waals surface area (Å²) >= 11 is 0. The average Bonchev–Trinajstić information content (AvgIpc) is 3.44. The molecule has 0 amide bonds. The third-order valence-corrected chi connectivity index (χ3v) is 5.08. The van der Waals surface area contributed by atoms with Gasteiger partial charge in [-0.15, -0.1) is 0 Å². The van der Waals surface area contributed by atoms with E-state index in [4.69, 9.17) is 14.6 Å². The molecule has 5 rings (SSSR count). The second-order valence-corrected chi connectivity index (χ2v) is 6.90. The van der Waals surface area contributed by atoms with Crippen LogP contribution in [0.5, 0.6) is 11.5 Å². The fourth-order valence-corrected chi connectivity index (χ4v) is 3.52. The molecule has 0 N–H and O–H groups in total. The summed E-state index contributed by atoms with van der Waals surface area (Å²) in [6.07, 6.45) is 8.33. The van der Waals surface area contributed by atoms with E-state index in [0.29, 0.717) is 12.0 Å². The number of hydrogen-bond donors (Lipinski definition) is 0. The summed E-state index contributed by atoms with van der Waals surface area (Å²) in [5, 5.41) is 5.92. The Bertz CT molecular complexity index is 890. The number of rotatable bonds is 4. The van der Waals surface area contributed by atoms with Crippen molar-refractivity contribution in [3.63, 3.8) is 0 Å². The zero-order valence-corrected chi connectivity index (χ0v) is 14.1. The van der Waals surface area contributed by atoms with Gasteiger partial charge in [0.2, 0.25) is 0 Å². The van der Waals surface area contributed by atoms with Gasteiger partial charge in [-0.1, -0.05) is 12.1 Å². The predicted octanol–water partition coefficient (Wildman–Crippen LogP) is 4.45. The van der Waals surface area contributed by atoms with Crippen LogP contribution < -0.4 is 4.74 Å². The Morgan fingerprint density at radius 2 is 1.84 bits per heavy atom. The van der Waals surface area contributed by atoms with Gasteiger partial charge in [0.05, 0.1) is 17.8 Å². The third kappa shape index (κ3) is 2.89. The first-order valence-electron chi connectivity index (χ1n) is 9.07. The Morgan fingerprint density at radius 1 is 1.00 bits per heavy atom. The molecule has 2 aromatic heterocycles. The second-order valence-electron chi connectivity index (χ2n) is 6.90. The molecular formula is C20H21N3O2. The molecule has 1 aromatic carbocycles. The highest BCUT2D eigenvalue weighted by molar-refractivity contribution is 5.84.